The summed E-state index contributed by atoms with van der Waals surface area (Å²) < 4.78 is 22.9. The van der Waals surface area contributed by atoms with Crippen LogP contribution in [0, 0.1) is 12.7 Å². The number of benzene rings is 3. The fourth-order valence-corrected chi connectivity index (χ4v) is 3.83. The number of aromatic amines is 1. The molecule has 0 bridgehead atoms. The smallest absolute Gasteiger partial charge is 0.345 e. The van der Waals surface area contributed by atoms with E-state index in [2.05, 4.69) is 9.97 Å². The first-order chi connectivity index (χ1) is 17.4. The maximum Gasteiger partial charge on any atom is 0.345 e. The maximum atomic E-state index is 13.4. The minimum absolute atomic E-state index is 0.240. The fourth-order valence-electron chi connectivity index (χ4n) is 3.83. The van der Waals surface area contributed by atoms with Gasteiger partial charge in [-0.25, -0.2) is 32.9 Å². The van der Waals surface area contributed by atoms with Crippen molar-refractivity contribution < 1.29 is 9.13 Å². The first-order valence-corrected chi connectivity index (χ1v) is 11.0. The van der Waals surface area contributed by atoms with Crippen LogP contribution in [0.2, 0.25) is 0 Å². The quantitative estimate of drug-likeness (QED) is 0.398. The van der Waals surface area contributed by atoms with Gasteiger partial charge in [-0.15, -0.1) is 0 Å². The summed E-state index contributed by atoms with van der Waals surface area (Å²) in [5, 5.41) is 0. The van der Waals surface area contributed by atoms with Gasteiger partial charge in [0.25, 0.3) is 0 Å². The minimum atomic E-state index is -0.866. The molecule has 0 saturated carbocycles. The van der Waals surface area contributed by atoms with Gasteiger partial charge in [0.05, 0.1) is 24.2 Å². The topological polar surface area (TPSA) is 104 Å². The lowest BCUT2D eigenvalue weighted by atomic mass is 10.1. The lowest BCUT2D eigenvalue weighted by Gasteiger charge is -2.15. The molecular weight excluding hydrogens is 465 g/mol. The molecule has 0 atom stereocenters. The maximum absolute atomic E-state index is 13.4. The van der Waals surface area contributed by atoms with E-state index in [-0.39, 0.29) is 5.69 Å². The fraction of sp³-hybridized carbons (Fsp3) is 0.0769. The molecule has 5 aromatic rings. The Kier molecular flexibility index (Phi) is 5.91. The Labute approximate surface area is 203 Å². The number of H-pyrrole nitrogens is 1. The molecule has 2 aromatic heterocycles. The third-order valence-corrected chi connectivity index (χ3v) is 5.52. The van der Waals surface area contributed by atoms with Crippen molar-refractivity contribution >= 4 is 0 Å². The number of aryl methyl sites for hydroxylation is 1. The normalized spacial score (nSPS) is 10.9. The lowest BCUT2D eigenvalue weighted by Crippen LogP contribution is -2.48. The largest absolute Gasteiger partial charge is 0.457 e. The van der Waals surface area contributed by atoms with Crippen LogP contribution < -0.4 is 21.8 Å². The zero-order valence-electron chi connectivity index (χ0n) is 19.1. The highest BCUT2D eigenvalue weighted by molar-refractivity contribution is 5.46. The van der Waals surface area contributed by atoms with Crippen molar-refractivity contribution in [2.75, 3.05) is 0 Å². The molecule has 0 fully saturated rings. The summed E-state index contributed by atoms with van der Waals surface area (Å²) in [4.78, 5) is 45.0. The summed E-state index contributed by atoms with van der Waals surface area (Å²) in [6.45, 7) is 2.15. The number of ether oxygens (including phenoxy) is 1. The highest BCUT2D eigenvalue weighted by atomic mass is 19.1. The van der Waals surface area contributed by atoms with E-state index in [1.54, 1.807) is 53.6 Å². The molecule has 0 unspecified atom stereocenters. The summed E-state index contributed by atoms with van der Waals surface area (Å²) in [5.74, 6) is 0.466. The van der Waals surface area contributed by atoms with Crippen molar-refractivity contribution in [1.29, 1.82) is 0 Å². The van der Waals surface area contributed by atoms with E-state index in [1.165, 1.54) is 30.3 Å². The number of hydrogen-bond donors (Lipinski definition) is 1. The summed E-state index contributed by atoms with van der Waals surface area (Å²) in [5.41, 5.74) is -0.461. The van der Waals surface area contributed by atoms with Gasteiger partial charge in [-0.3, -0.25) is 4.98 Å². The Morgan fingerprint density at radius 3 is 2.31 bits per heavy atom. The summed E-state index contributed by atoms with van der Waals surface area (Å²) in [7, 11) is 0. The number of halogens is 1. The Morgan fingerprint density at radius 1 is 0.917 bits per heavy atom. The minimum Gasteiger partial charge on any atom is -0.457 e. The summed E-state index contributed by atoms with van der Waals surface area (Å²) in [6.07, 6.45) is 4.99. The third kappa shape index (κ3) is 4.51. The summed E-state index contributed by atoms with van der Waals surface area (Å²) >= 11 is 0. The zero-order valence-corrected chi connectivity index (χ0v) is 19.1. The van der Waals surface area contributed by atoms with Crippen LogP contribution in [0.25, 0.3) is 11.4 Å². The highest BCUT2D eigenvalue weighted by Crippen LogP contribution is 2.28. The van der Waals surface area contributed by atoms with Gasteiger partial charge in [0, 0.05) is 18.0 Å². The molecule has 36 heavy (non-hydrogen) atoms. The van der Waals surface area contributed by atoms with Crippen molar-refractivity contribution in [1.82, 2.24) is 23.7 Å². The van der Waals surface area contributed by atoms with Gasteiger partial charge in [-0.05, 0) is 67.1 Å². The van der Waals surface area contributed by atoms with Crippen LogP contribution in [-0.2, 0) is 6.54 Å². The van der Waals surface area contributed by atoms with Gasteiger partial charge in [0.2, 0.25) is 0 Å². The van der Waals surface area contributed by atoms with Crippen molar-refractivity contribution in [2.24, 2.45) is 0 Å². The molecule has 0 aliphatic rings. The second-order valence-corrected chi connectivity index (χ2v) is 8.11. The van der Waals surface area contributed by atoms with Gasteiger partial charge in [0.15, 0.2) is 0 Å². The Hall–Kier alpha value is -4.99. The number of imidazole rings is 1. The molecule has 0 amide bonds. The van der Waals surface area contributed by atoms with Crippen LogP contribution in [0.4, 0.5) is 4.39 Å². The Morgan fingerprint density at radius 2 is 1.64 bits per heavy atom. The molecule has 2 heterocycles. The number of rotatable bonds is 6. The summed E-state index contributed by atoms with van der Waals surface area (Å²) in [6, 6.07) is 17.2. The van der Waals surface area contributed by atoms with Gasteiger partial charge in [-0.2, -0.15) is 0 Å². The molecule has 0 radical (unpaired) electrons. The van der Waals surface area contributed by atoms with Crippen LogP contribution in [0.15, 0.2) is 99.8 Å². The molecule has 10 heteroatoms. The third-order valence-electron chi connectivity index (χ3n) is 5.52. The standard InChI is InChI=1S/C26H20FN5O4/c1-17-3-2-4-20(13-17)31-24(33)29-25(34)32(26(31)35)21-7-10-23(36-22-8-5-19(27)6-9-22)18(14-21)15-30-12-11-28-16-30/h2-14,16H,15H2,1H3,(H,29,33,34). The van der Waals surface area contributed by atoms with Gasteiger partial charge in [0.1, 0.15) is 17.3 Å². The van der Waals surface area contributed by atoms with E-state index in [0.717, 1.165) is 14.7 Å². The number of nitrogens with zero attached hydrogens (tertiary/aromatic N) is 4. The first kappa shape index (κ1) is 22.8. The zero-order chi connectivity index (χ0) is 25.2. The molecule has 5 rings (SSSR count). The van der Waals surface area contributed by atoms with Crippen LogP contribution in [-0.4, -0.2) is 23.7 Å². The molecule has 9 nitrogen and oxygen atoms in total. The monoisotopic (exact) mass is 485 g/mol. The van der Waals surface area contributed by atoms with E-state index in [1.807, 2.05) is 13.0 Å². The molecular formula is C26H20FN5O4. The van der Waals surface area contributed by atoms with Crippen molar-refractivity contribution in [3.63, 3.8) is 0 Å². The van der Waals surface area contributed by atoms with Crippen LogP contribution >= 0.6 is 0 Å². The van der Waals surface area contributed by atoms with E-state index in [9.17, 15) is 18.8 Å². The predicted octanol–water partition coefficient (Wildman–Crippen LogP) is 3.16. The van der Waals surface area contributed by atoms with E-state index in [0.29, 0.717) is 29.3 Å². The SMILES string of the molecule is Cc1cccc(-n2c(=O)[nH]c(=O)n(-c3ccc(Oc4ccc(F)cc4)c(Cn4ccnc4)c3)c2=O)c1. The molecule has 0 aliphatic carbocycles. The molecule has 0 aliphatic heterocycles. The molecule has 1 N–H and O–H groups in total. The second kappa shape index (κ2) is 9.34. The van der Waals surface area contributed by atoms with Crippen molar-refractivity contribution in [3.8, 4) is 22.9 Å². The predicted molar refractivity (Wildman–Crippen MR) is 131 cm³/mol. The average Bonchev–Trinajstić information content (AvgIpc) is 3.35. The molecule has 0 spiro atoms. The second-order valence-electron chi connectivity index (χ2n) is 8.11. The van der Waals surface area contributed by atoms with Gasteiger partial charge >= 0.3 is 17.1 Å². The molecule has 0 saturated heterocycles. The number of nitrogens with one attached hydrogen (secondary N) is 1. The van der Waals surface area contributed by atoms with E-state index in [4.69, 9.17) is 4.74 Å². The highest BCUT2D eigenvalue weighted by Gasteiger charge is 2.16. The molecule has 3 aromatic carbocycles. The van der Waals surface area contributed by atoms with Gasteiger partial charge in [-0.1, -0.05) is 12.1 Å². The van der Waals surface area contributed by atoms with Crippen molar-refractivity contribution in [2.45, 2.75) is 13.5 Å². The van der Waals surface area contributed by atoms with Crippen molar-refractivity contribution in [3.05, 3.63) is 134 Å². The van der Waals surface area contributed by atoms with Crippen LogP contribution in [0.5, 0.6) is 11.5 Å². The van der Waals surface area contributed by atoms with Crippen LogP contribution in [0.1, 0.15) is 11.1 Å². The average molecular weight is 485 g/mol. The number of hydrogen-bond acceptors (Lipinski definition) is 5. The van der Waals surface area contributed by atoms with Crippen LogP contribution in [0.3, 0.4) is 0 Å². The van der Waals surface area contributed by atoms with E-state index >= 15 is 0 Å². The van der Waals surface area contributed by atoms with Gasteiger partial charge < -0.3 is 9.30 Å². The Balaban J connectivity index is 1.64. The lowest BCUT2D eigenvalue weighted by molar-refractivity contribution is 0.472. The molecule has 180 valence electrons. The number of aromatic nitrogens is 5. The first-order valence-electron chi connectivity index (χ1n) is 11.0. The van der Waals surface area contributed by atoms with E-state index < -0.39 is 22.9 Å². The Bertz CT molecular complexity index is 1720.